The van der Waals surface area contributed by atoms with Crippen LogP contribution in [0, 0.1) is 28.6 Å². The number of fused-ring (bicyclic) bond motifs is 2. The summed E-state index contributed by atoms with van der Waals surface area (Å²) in [6, 6.07) is 8.24. The molecule has 0 aromatic heterocycles. The second-order valence-corrected chi connectivity index (χ2v) is 9.44. The lowest BCUT2D eigenvalue weighted by Crippen LogP contribution is -2.49. The summed E-state index contributed by atoms with van der Waals surface area (Å²) in [7, 11) is 1.67. The zero-order valence-corrected chi connectivity index (χ0v) is 16.5. The summed E-state index contributed by atoms with van der Waals surface area (Å²) >= 11 is 0. The minimum Gasteiger partial charge on any atom is -0.497 e. The van der Waals surface area contributed by atoms with Gasteiger partial charge in [0.15, 0.2) is 0 Å². The lowest BCUT2D eigenvalue weighted by Gasteiger charge is -2.50. The quantitative estimate of drug-likeness (QED) is 0.726. The number of ketones is 2. The van der Waals surface area contributed by atoms with E-state index >= 15 is 0 Å². The summed E-state index contributed by atoms with van der Waals surface area (Å²) in [6.45, 7) is 4.30. The molecule has 1 aromatic carbocycles. The molecule has 6 atom stereocenters. The van der Waals surface area contributed by atoms with E-state index in [1.807, 2.05) is 19.1 Å². The normalized spacial score (nSPS) is 44.9. The second kappa shape index (κ2) is 5.33. The highest BCUT2D eigenvalue weighted by molar-refractivity contribution is 6.01. The van der Waals surface area contributed by atoms with Gasteiger partial charge in [0.05, 0.1) is 7.11 Å². The molecule has 27 heavy (non-hydrogen) atoms. The Balaban J connectivity index is 1.78. The fourth-order valence-electron chi connectivity index (χ4n) is 7.50. The van der Waals surface area contributed by atoms with E-state index in [0.717, 1.165) is 25.0 Å². The van der Waals surface area contributed by atoms with Crippen LogP contribution in [0.5, 0.6) is 5.75 Å². The van der Waals surface area contributed by atoms with Gasteiger partial charge in [0.1, 0.15) is 17.3 Å². The van der Waals surface area contributed by atoms with Gasteiger partial charge in [0.25, 0.3) is 0 Å². The lowest BCUT2D eigenvalue weighted by molar-refractivity contribution is -0.144. The molecule has 0 unspecified atom stereocenters. The number of methoxy groups -OCH3 is 1. The first-order chi connectivity index (χ1) is 12.9. The second-order valence-electron chi connectivity index (χ2n) is 9.44. The van der Waals surface area contributed by atoms with E-state index in [0.29, 0.717) is 18.0 Å². The molecule has 0 radical (unpaired) electrons. The largest absolute Gasteiger partial charge is 0.497 e. The van der Waals surface area contributed by atoms with Gasteiger partial charge in [-0.05, 0) is 36.0 Å². The molecule has 0 spiro atoms. The topological polar surface area (TPSA) is 43.4 Å². The number of ether oxygens (including phenoxy) is 1. The first-order valence-electron chi connectivity index (χ1n) is 10.3. The molecular formula is C24H28O3. The maximum atomic E-state index is 13.5. The van der Waals surface area contributed by atoms with Crippen LogP contribution in [0.15, 0.2) is 36.4 Å². The van der Waals surface area contributed by atoms with Gasteiger partial charge in [-0.15, -0.1) is 0 Å². The van der Waals surface area contributed by atoms with Crippen LogP contribution in [0.4, 0.5) is 0 Å². The van der Waals surface area contributed by atoms with Crippen LogP contribution < -0.4 is 4.74 Å². The van der Waals surface area contributed by atoms with Gasteiger partial charge in [-0.25, -0.2) is 0 Å². The molecule has 3 heteroatoms. The van der Waals surface area contributed by atoms with Crippen LogP contribution in [0.2, 0.25) is 0 Å². The molecule has 3 saturated carbocycles. The standard InChI is InChI=1S/C24H28O3/c1-15-14-18(25)19-20(21(15)26)24(16-6-8-17(27-3)9-7-16)13-12-23(19)11-5-4-10-22(23,24)2/h6-9,12-13,15,19-20H,4-5,10-11,14H2,1-3H3/t15-,19-,20-,22-,23+,24+/m0/s1. The van der Waals surface area contributed by atoms with E-state index < -0.39 is 0 Å². The number of carbonyl (C=O) groups excluding carboxylic acids is 2. The van der Waals surface area contributed by atoms with Crippen molar-refractivity contribution in [1.29, 1.82) is 0 Å². The lowest BCUT2D eigenvalue weighted by atomic mass is 9.52. The van der Waals surface area contributed by atoms with Gasteiger partial charge in [-0.1, -0.05) is 51.0 Å². The Labute approximate surface area is 161 Å². The molecule has 0 saturated heterocycles. The van der Waals surface area contributed by atoms with Gasteiger partial charge in [-0.2, -0.15) is 0 Å². The predicted octanol–water partition coefficient (Wildman–Crippen LogP) is 4.49. The van der Waals surface area contributed by atoms with Gasteiger partial charge < -0.3 is 4.74 Å². The smallest absolute Gasteiger partial charge is 0.141 e. The molecule has 0 heterocycles. The summed E-state index contributed by atoms with van der Waals surface area (Å²) in [5.41, 5.74) is 0.583. The van der Waals surface area contributed by atoms with E-state index in [4.69, 9.17) is 4.74 Å². The van der Waals surface area contributed by atoms with Gasteiger partial charge in [-0.3, -0.25) is 9.59 Å². The summed E-state index contributed by atoms with van der Waals surface area (Å²) < 4.78 is 5.36. The number of rotatable bonds is 2. The highest BCUT2D eigenvalue weighted by Crippen LogP contribution is 2.79. The van der Waals surface area contributed by atoms with Crippen molar-refractivity contribution in [1.82, 2.24) is 0 Å². The Bertz CT molecular complexity index is 853. The highest BCUT2D eigenvalue weighted by Gasteiger charge is 2.78. The Morgan fingerprint density at radius 3 is 2.41 bits per heavy atom. The molecule has 3 nitrogen and oxygen atoms in total. The molecule has 2 bridgehead atoms. The average molecular weight is 364 g/mol. The molecule has 1 aromatic rings. The molecule has 142 valence electrons. The minimum atomic E-state index is -0.369. The van der Waals surface area contributed by atoms with E-state index in [9.17, 15) is 9.59 Å². The molecule has 4 aliphatic rings. The minimum absolute atomic E-state index is 0.0719. The molecule has 4 aliphatic carbocycles. The van der Waals surface area contributed by atoms with Crippen LogP contribution >= 0.6 is 0 Å². The third-order valence-corrected chi connectivity index (χ3v) is 8.69. The van der Waals surface area contributed by atoms with Gasteiger partial charge in [0.2, 0.25) is 0 Å². The van der Waals surface area contributed by atoms with Gasteiger partial charge >= 0.3 is 0 Å². The average Bonchev–Trinajstić information content (AvgIpc) is 3.06. The molecule has 0 N–H and O–H groups in total. The third-order valence-electron chi connectivity index (χ3n) is 8.69. The summed E-state index contributed by atoms with van der Waals surface area (Å²) in [5.74, 6) is 0.929. The van der Waals surface area contributed by atoms with E-state index in [2.05, 4.69) is 31.2 Å². The number of hydrogen-bond acceptors (Lipinski definition) is 3. The number of Topliss-reactive ketones (excluding diaryl/α,β-unsaturated/α-hetero) is 2. The first kappa shape index (κ1) is 17.2. The highest BCUT2D eigenvalue weighted by atomic mass is 16.5. The van der Waals surface area contributed by atoms with Crippen LogP contribution in [-0.2, 0) is 15.0 Å². The predicted molar refractivity (Wildman–Crippen MR) is 104 cm³/mol. The number of hydrogen-bond donors (Lipinski definition) is 0. The molecule has 0 amide bonds. The summed E-state index contributed by atoms with van der Waals surface area (Å²) in [4.78, 5) is 26.8. The van der Waals surface area contributed by atoms with Crippen molar-refractivity contribution in [2.24, 2.45) is 28.6 Å². The van der Waals surface area contributed by atoms with Crippen molar-refractivity contribution >= 4 is 11.6 Å². The summed E-state index contributed by atoms with van der Waals surface area (Å²) in [5, 5.41) is 0. The fraction of sp³-hybridized carbons (Fsp3) is 0.583. The Morgan fingerprint density at radius 2 is 1.70 bits per heavy atom. The van der Waals surface area contributed by atoms with E-state index in [-0.39, 0.29) is 34.0 Å². The third kappa shape index (κ3) is 1.75. The van der Waals surface area contributed by atoms with E-state index in [1.165, 1.54) is 12.0 Å². The molecule has 0 aliphatic heterocycles. The van der Waals surface area contributed by atoms with Crippen molar-refractivity contribution in [3.05, 3.63) is 42.0 Å². The van der Waals surface area contributed by atoms with Crippen LogP contribution in [0.1, 0.15) is 51.5 Å². The fourth-order valence-corrected chi connectivity index (χ4v) is 7.50. The first-order valence-corrected chi connectivity index (χ1v) is 10.3. The van der Waals surface area contributed by atoms with Crippen LogP contribution in [0.25, 0.3) is 0 Å². The SMILES string of the molecule is COc1ccc([C@@]23C=C[C@]4(CCCC[C@@]42C)[C@H]2C(=O)C[C@H](C)C(=O)[C@H]23)cc1. The van der Waals surface area contributed by atoms with Crippen molar-refractivity contribution < 1.29 is 14.3 Å². The number of allylic oxidation sites excluding steroid dienone is 2. The number of benzene rings is 1. The molecule has 5 rings (SSSR count). The van der Waals surface area contributed by atoms with E-state index in [1.54, 1.807) is 7.11 Å². The monoisotopic (exact) mass is 364 g/mol. The van der Waals surface area contributed by atoms with Crippen molar-refractivity contribution in [3.8, 4) is 5.75 Å². The van der Waals surface area contributed by atoms with Crippen molar-refractivity contribution in [3.63, 3.8) is 0 Å². The number of carbonyl (C=O) groups is 2. The molecule has 3 fully saturated rings. The Hall–Kier alpha value is -1.90. The van der Waals surface area contributed by atoms with Crippen molar-refractivity contribution in [2.45, 2.75) is 51.4 Å². The summed E-state index contributed by atoms with van der Waals surface area (Å²) in [6.07, 6.45) is 9.53. The molecular weight excluding hydrogens is 336 g/mol. The Morgan fingerprint density at radius 1 is 1.00 bits per heavy atom. The Kier molecular flexibility index (Phi) is 3.40. The van der Waals surface area contributed by atoms with Crippen molar-refractivity contribution in [2.75, 3.05) is 7.11 Å². The van der Waals surface area contributed by atoms with Gasteiger partial charge in [0, 0.05) is 35.0 Å². The maximum Gasteiger partial charge on any atom is 0.141 e. The zero-order valence-electron chi connectivity index (χ0n) is 16.5. The zero-order chi connectivity index (χ0) is 19.0. The van der Waals surface area contributed by atoms with Crippen LogP contribution in [0.3, 0.4) is 0 Å². The maximum absolute atomic E-state index is 13.5. The van der Waals surface area contributed by atoms with Crippen LogP contribution in [-0.4, -0.2) is 18.7 Å².